The number of rotatable bonds is 5. The van der Waals surface area contributed by atoms with Gasteiger partial charge in [-0.1, -0.05) is 55.0 Å². The van der Waals surface area contributed by atoms with Gasteiger partial charge in [0.25, 0.3) is 0 Å². The Morgan fingerprint density at radius 1 is 1.05 bits per heavy atom. The summed E-state index contributed by atoms with van der Waals surface area (Å²) in [6.07, 6.45) is 0. The lowest BCUT2D eigenvalue weighted by Crippen LogP contribution is -2.22. The number of aryl methyl sites for hydroxylation is 1. The van der Waals surface area contributed by atoms with Crippen molar-refractivity contribution in [3.8, 4) is 5.75 Å². The fourth-order valence-electron chi connectivity index (χ4n) is 2.28. The number of methoxy groups -OCH3 is 1. The standard InChI is InChI=1S/C17H21NO/c1-4-18-17(14-11-9-13(2)10-12-14)15-7-5-6-8-16(15)19-3/h5-12,17-18H,4H2,1-3H3. The average Bonchev–Trinajstić information content (AvgIpc) is 2.46. The maximum absolute atomic E-state index is 5.48. The predicted octanol–water partition coefficient (Wildman–Crippen LogP) is 3.70. The van der Waals surface area contributed by atoms with Gasteiger partial charge in [-0.25, -0.2) is 0 Å². The molecule has 2 aromatic carbocycles. The zero-order chi connectivity index (χ0) is 13.7. The fraction of sp³-hybridized carbons (Fsp3) is 0.294. The van der Waals surface area contributed by atoms with Crippen molar-refractivity contribution in [2.75, 3.05) is 13.7 Å². The molecule has 0 aliphatic rings. The highest BCUT2D eigenvalue weighted by molar-refractivity contribution is 5.42. The summed E-state index contributed by atoms with van der Waals surface area (Å²) in [5.74, 6) is 0.925. The maximum atomic E-state index is 5.48. The Balaban J connectivity index is 2.42. The Morgan fingerprint density at radius 3 is 2.37 bits per heavy atom. The van der Waals surface area contributed by atoms with E-state index in [0.29, 0.717) is 0 Å². The second-order valence-electron chi connectivity index (χ2n) is 4.64. The largest absolute Gasteiger partial charge is 0.496 e. The third-order valence-electron chi connectivity index (χ3n) is 3.27. The van der Waals surface area contributed by atoms with Crippen LogP contribution in [0.4, 0.5) is 0 Å². The Hall–Kier alpha value is -1.80. The van der Waals surface area contributed by atoms with E-state index in [9.17, 15) is 0 Å². The van der Waals surface area contributed by atoms with Crippen molar-refractivity contribution in [2.45, 2.75) is 19.9 Å². The summed E-state index contributed by atoms with van der Waals surface area (Å²) in [5, 5.41) is 3.53. The molecule has 19 heavy (non-hydrogen) atoms. The number of para-hydroxylation sites is 1. The van der Waals surface area contributed by atoms with Gasteiger partial charge in [0.05, 0.1) is 13.2 Å². The van der Waals surface area contributed by atoms with Crippen LogP contribution in [0, 0.1) is 6.92 Å². The summed E-state index contributed by atoms with van der Waals surface area (Å²) in [6.45, 7) is 5.14. The molecule has 0 aliphatic carbocycles. The van der Waals surface area contributed by atoms with Gasteiger partial charge in [-0.2, -0.15) is 0 Å². The number of nitrogens with one attached hydrogen (secondary N) is 1. The predicted molar refractivity (Wildman–Crippen MR) is 79.7 cm³/mol. The Kier molecular flexibility index (Phi) is 4.58. The summed E-state index contributed by atoms with van der Waals surface area (Å²) >= 11 is 0. The van der Waals surface area contributed by atoms with Gasteiger partial charge in [-0.05, 0) is 25.1 Å². The van der Waals surface area contributed by atoms with E-state index in [0.717, 1.165) is 12.3 Å². The first-order valence-electron chi connectivity index (χ1n) is 6.69. The summed E-state index contributed by atoms with van der Waals surface area (Å²) in [4.78, 5) is 0. The molecule has 1 N–H and O–H groups in total. The van der Waals surface area contributed by atoms with Crippen molar-refractivity contribution in [3.05, 3.63) is 65.2 Å². The van der Waals surface area contributed by atoms with Crippen molar-refractivity contribution >= 4 is 0 Å². The quantitative estimate of drug-likeness (QED) is 0.879. The first-order valence-corrected chi connectivity index (χ1v) is 6.69. The van der Waals surface area contributed by atoms with Gasteiger partial charge in [0, 0.05) is 5.56 Å². The molecule has 0 heterocycles. The second kappa shape index (κ2) is 6.39. The molecule has 1 atom stereocenters. The monoisotopic (exact) mass is 255 g/mol. The average molecular weight is 255 g/mol. The minimum absolute atomic E-state index is 0.168. The zero-order valence-corrected chi connectivity index (χ0v) is 11.8. The molecule has 0 saturated carbocycles. The Morgan fingerprint density at radius 2 is 1.74 bits per heavy atom. The molecule has 0 bridgehead atoms. The van der Waals surface area contributed by atoms with Crippen LogP contribution in [-0.2, 0) is 0 Å². The molecule has 2 nitrogen and oxygen atoms in total. The SMILES string of the molecule is CCNC(c1ccc(C)cc1)c1ccccc1OC. The molecule has 2 rings (SSSR count). The van der Waals surface area contributed by atoms with E-state index in [1.165, 1.54) is 16.7 Å². The van der Waals surface area contributed by atoms with Gasteiger partial charge >= 0.3 is 0 Å². The summed E-state index contributed by atoms with van der Waals surface area (Å²) in [5.41, 5.74) is 3.71. The number of ether oxygens (including phenoxy) is 1. The highest BCUT2D eigenvalue weighted by Gasteiger charge is 2.16. The Labute approximate surface area is 115 Å². The van der Waals surface area contributed by atoms with E-state index < -0.39 is 0 Å². The molecule has 0 saturated heterocycles. The van der Waals surface area contributed by atoms with Gasteiger partial charge < -0.3 is 10.1 Å². The normalized spacial score (nSPS) is 12.2. The minimum Gasteiger partial charge on any atom is -0.496 e. The van der Waals surface area contributed by atoms with Crippen molar-refractivity contribution in [2.24, 2.45) is 0 Å². The first kappa shape index (κ1) is 13.6. The molecular weight excluding hydrogens is 234 g/mol. The van der Waals surface area contributed by atoms with Crippen LogP contribution < -0.4 is 10.1 Å². The van der Waals surface area contributed by atoms with E-state index >= 15 is 0 Å². The molecule has 0 fully saturated rings. The summed E-state index contributed by atoms with van der Waals surface area (Å²) in [6, 6.07) is 17.0. The maximum Gasteiger partial charge on any atom is 0.123 e. The van der Waals surface area contributed by atoms with Gasteiger partial charge in [-0.15, -0.1) is 0 Å². The van der Waals surface area contributed by atoms with Crippen LogP contribution >= 0.6 is 0 Å². The number of hydrogen-bond donors (Lipinski definition) is 1. The lowest BCUT2D eigenvalue weighted by Gasteiger charge is -2.21. The van der Waals surface area contributed by atoms with Crippen LogP contribution in [0.1, 0.15) is 29.7 Å². The van der Waals surface area contributed by atoms with Gasteiger partial charge in [0.1, 0.15) is 5.75 Å². The van der Waals surface area contributed by atoms with E-state index in [1.54, 1.807) is 7.11 Å². The minimum atomic E-state index is 0.168. The highest BCUT2D eigenvalue weighted by Crippen LogP contribution is 2.29. The van der Waals surface area contributed by atoms with Gasteiger partial charge in [-0.3, -0.25) is 0 Å². The van der Waals surface area contributed by atoms with Crippen LogP contribution in [0.3, 0.4) is 0 Å². The zero-order valence-electron chi connectivity index (χ0n) is 11.8. The summed E-state index contributed by atoms with van der Waals surface area (Å²) in [7, 11) is 1.72. The molecule has 0 aromatic heterocycles. The molecule has 100 valence electrons. The van der Waals surface area contributed by atoms with Crippen molar-refractivity contribution < 1.29 is 4.74 Å². The van der Waals surface area contributed by atoms with Crippen LogP contribution in [0.5, 0.6) is 5.75 Å². The number of benzene rings is 2. The highest BCUT2D eigenvalue weighted by atomic mass is 16.5. The van der Waals surface area contributed by atoms with Crippen molar-refractivity contribution in [1.82, 2.24) is 5.32 Å². The molecule has 0 aliphatic heterocycles. The second-order valence-corrected chi connectivity index (χ2v) is 4.64. The van der Waals surface area contributed by atoms with E-state index in [4.69, 9.17) is 4.74 Å². The van der Waals surface area contributed by atoms with Crippen molar-refractivity contribution in [1.29, 1.82) is 0 Å². The van der Waals surface area contributed by atoms with E-state index in [1.807, 2.05) is 12.1 Å². The molecule has 0 radical (unpaired) electrons. The van der Waals surface area contributed by atoms with Gasteiger partial charge in [0.2, 0.25) is 0 Å². The smallest absolute Gasteiger partial charge is 0.123 e. The first-order chi connectivity index (χ1) is 9.26. The molecule has 2 heteroatoms. The van der Waals surface area contributed by atoms with Crippen LogP contribution in [0.25, 0.3) is 0 Å². The lowest BCUT2D eigenvalue weighted by molar-refractivity contribution is 0.404. The van der Waals surface area contributed by atoms with E-state index in [-0.39, 0.29) is 6.04 Å². The van der Waals surface area contributed by atoms with E-state index in [2.05, 4.69) is 55.6 Å². The topological polar surface area (TPSA) is 21.3 Å². The lowest BCUT2D eigenvalue weighted by atomic mass is 9.97. The Bertz CT molecular complexity index is 519. The molecule has 0 spiro atoms. The van der Waals surface area contributed by atoms with Crippen molar-refractivity contribution in [3.63, 3.8) is 0 Å². The van der Waals surface area contributed by atoms with Crippen LogP contribution in [0.15, 0.2) is 48.5 Å². The third-order valence-corrected chi connectivity index (χ3v) is 3.27. The molecular formula is C17H21NO. The van der Waals surface area contributed by atoms with Crippen LogP contribution in [0.2, 0.25) is 0 Å². The van der Waals surface area contributed by atoms with Gasteiger partial charge in [0.15, 0.2) is 0 Å². The molecule has 2 aromatic rings. The molecule has 0 amide bonds. The fourth-order valence-corrected chi connectivity index (χ4v) is 2.28. The van der Waals surface area contributed by atoms with Crippen LogP contribution in [-0.4, -0.2) is 13.7 Å². The third kappa shape index (κ3) is 3.15. The number of hydrogen-bond acceptors (Lipinski definition) is 2. The molecule has 1 unspecified atom stereocenters. The summed E-state index contributed by atoms with van der Waals surface area (Å²) < 4.78 is 5.48.